The fourth-order valence-corrected chi connectivity index (χ4v) is 1.00. The van der Waals surface area contributed by atoms with Gasteiger partial charge in [0, 0.05) is 6.42 Å². The molecule has 1 rings (SSSR count). The maximum atomic E-state index is 11.7. The molecule has 0 heterocycles. The van der Waals surface area contributed by atoms with Crippen LogP contribution in [0.15, 0.2) is 24.3 Å². The van der Waals surface area contributed by atoms with E-state index in [9.17, 15) is 13.2 Å². The molecule has 0 fully saturated rings. The molecule has 1 aliphatic carbocycles. The van der Waals surface area contributed by atoms with Crippen molar-refractivity contribution in [3.63, 3.8) is 0 Å². The molecule has 0 aromatic rings. The molecule has 0 unspecified atom stereocenters. The van der Waals surface area contributed by atoms with Crippen LogP contribution in [-0.4, -0.2) is 6.18 Å². The van der Waals surface area contributed by atoms with Gasteiger partial charge in [-0.15, -0.1) is 0 Å². The average molecular weight is 162 g/mol. The van der Waals surface area contributed by atoms with E-state index in [0.717, 1.165) is 0 Å². The smallest absolute Gasteiger partial charge is 0.171 e. The van der Waals surface area contributed by atoms with Gasteiger partial charge in [0.1, 0.15) is 0 Å². The van der Waals surface area contributed by atoms with E-state index in [0.29, 0.717) is 0 Å². The second-order valence-corrected chi connectivity index (χ2v) is 2.59. The fourth-order valence-electron chi connectivity index (χ4n) is 1.00. The van der Waals surface area contributed by atoms with Gasteiger partial charge in [-0.3, -0.25) is 0 Å². The predicted octanol–water partition coefficient (Wildman–Crippen LogP) is 3.07. The molecule has 0 saturated carbocycles. The van der Waals surface area contributed by atoms with Crippen molar-refractivity contribution in [2.24, 2.45) is 5.92 Å². The van der Waals surface area contributed by atoms with Crippen LogP contribution >= 0.6 is 0 Å². The van der Waals surface area contributed by atoms with E-state index in [2.05, 4.69) is 0 Å². The number of halogens is 3. The van der Waals surface area contributed by atoms with Crippen LogP contribution in [-0.2, 0) is 0 Å². The van der Waals surface area contributed by atoms with E-state index in [1.165, 1.54) is 0 Å². The number of allylic oxidation sites excluding steroid dienone is 4. The van der Waals surface area contributed by atoms with Crippen molar-refractivity contribution >= 4 is 0 Å². The van der Waals surface area contributed by atoms with E-state index < -0.39 is 12.6 Å². The van der Waals surface area contributed by atoms with Gasteiger partial charge >= 0.3 is 6.18 Å². The molecule has 11 heavy (non-hydrogen) atoms. The lowest BCUT2D eigenvalue weighted by Crippen LogP contribution is -2.08. The highest BCUT2D eigenvalue weighted by Crippen LogP contribution is 2.26. The monoisotopic (exact) mass is 162 g/mol. The first-order valence-electron chi connectivity index (χ1n) is 3.50. The largest absolute Gasteiger partial charge is 0.389 e. The normalized spacial score (nSPS) is 18.1. The molecule has 0 N–H and O–H groups in total. The summed E-state index contributed by atoms with van der Waals surface area (Å²) in [6, 6.07) is 0. The van der Waals surface area contributed by atoms with Crippen LogP contribution in [0.4, 0.5) is 13.2 Å². The molecule has 0 aliphatic heterocycles. The molecule has 3 heteroatoms. The summed E-state index contributed by atoms with van der Waals surface area (Å²) in [5.74, 6) is -0.00313. The van der Waals surface area contributed by atoms with Gasteiger partial charge in [0.25, 0.3) is 0 Å². The van der Waals surface area contributed by atoms with Crippen molar-refractivity contribution in [3.05, 3.63) is 24.3 Å². The van der Waals surface area contributed by atoms with Gasteiger partial charge in [-0.25, -0.2) is 0 Å². The summed E-state index contributed by atoms with van der Waals surface area (Å²) >= 11 is 0. The summed E-state index contributed by atoms with van der Waals surface area (Å²) in [5.41, 5.74) is 0. The molecule has 62 valence electrons. The van der Waals surface area contributed by atoms with Crippen LogP contribution < -0.4 is 0 Å². The van der Waals surface area contributed by atoms with Gasteiger partial charge in [0.2, 0.25) is 0 Å². The van der Waals surface area contributed by atoms with Gasteiger partial charge in [0.15, 0.2) is 0 Å². The Morgan fingerprint density at radius 2 is 1.64 bits per heavy atom. The van der Waals surface area contributed by atoms with Crippen LogP contribution in [0.25, 0.3) is 0 Å². The second kappa shape index (κ2) is 3.11. The molecule has 0 atom stereocenters. The predicted molar refractivity (Wildman–Crippen MR) is 37.1 cm³/mol. The summed E-state index contributed by atoms with van der Waals surface area (Å²) in [4.78, 5) is 0. The van der Waals surface area contributed by atoms with Gasteiger partial charge < -0.3 is 0 Å². The van der Waals surface area contributed by atoms with Crippen molar-refractivity contribution < 1.29 is 13.2 Å². The molecule has 0 bridgehead atoms. The van der Waals surface area contributed by atoms with E-state index in [1.807, 2.05) is 0 Å². The summed E-state index contributed by atoms with van der Waals surface area (Å²) in [5, 5.41) is 0. The summed E-state index contributed by atoms with van der Waals surface area (Å²) in [6.07, 6.45) is 2.60. The number of hydrogen-bond acceptors (Lipinski definition) is 0. The molecule has 0 aromatic carbocycles. The Morgan fingerprint density at radius 1 is 1.09 bits per heavy atom. The Hall–Kier alpha value is -0.730. The standard InChI is InChI=1S/C8H9F3/c9-8(10,11)6-5-7-3-1-2-4-7/h1-4,7H,5-6H2. The Morgan fingerprint density at radius 3 is 2.09 bits per heavy atom. The summed E-state index contributed by atoms with van der Waals surface area (Å²) in [7, 11) is 0. The first-order chi connectivity index (χ1) is 5.08. The lowest BCUT2D eigenvalue weighted by Gasteiger charge is -2.07. The molecule has 0 radical (unpaired) electrons. The first kappa shape index (κ1) is 8.37. The summed E-state index contributed by atoms with van der Waals surface area (Å²) in [6.45, 7) is 0. The van der Waals surface area contributed by atoms with E-state index in [4.69, 9.17) is 0 Å². The second-order valence-electron chi connectivity index (χ2n) is 2.59. The molecule has 0 spiro atoms. The maximum Gasteiger partial charge on any atom is 0.389 e. The lowest BCUT2D eigenvalue weighted by molar-refractivity contribution is -0.136. The average Bonchev–Trinajstić information content (AvgIpc) is 2.32. The number of alkyl halides is 3. The molecular formula is C8H9F3. The zero-order chi connectivity index (χ0) is 8.32. The minimum Gasteiger partial charge on any atom is -0.171 e. The van der Waals surface area contributed by atoms with E-state index in [-0.39, 0.29) is 12.3 Å². The Kier molecular flexibility index (Phi) is 2.37. The summed E-state index contributed by atoms with van der Waals surface area (Å²) < 4.78 is 35.0. The molecule has 0 saturated heterocycles. The van der Waals surface area contributed by atoms with E-state index >= 15 is 0 Å². The molecule has 1 aliphatic rings. The van der Waals surface area contributed by atoms with Crippen molar-refractivity contribution in [1.82, 2.24) is 0 Å². The van der Waals surface area contributed by atoms with Gasteiger partial charge in [-0.2, -0.15) is 13.2 Å². The molecule has 0 aromatic heterocycles. The zero-order valence-electron chi connectivity index (χ0n) is 5.93. The molecule has 0 amide bonds. The minimum atomic E-state index is -4.01. The van der Waals surface area contributed by atoms with Crippen molar-refractivity contribution in [1.29, 1.82) is 0 Å². The Bertz CT molecular complexity index is 164. The highest BCUT2D eigenvalue weighted by Gasteiger charge is 2.27. The number of hydrogen-bond donors (Lipinski definition) is 0. The maximum absolute atomic E-state index is 11.7. The van der Waals surface area contributed by atoms with Crippen LogP contribution in [0.1, 0.15) is 12.8 Å². The van der Waals surface area contributed by atoms with Crippen molar-refractivity contribution in [3.8, 4) is 0 Å². The van der Waals surface area contributed by atoms with E-state index in [1.54, 1.807) is 24.3 Å². The van der Waals surface area contributed by atoms with Gasteiger partial charge in [-0.1, -0.05) is 24.3 Å². The SMILES string of the molecule is FC(F)(F)CCC1C=CC=C1. The lowest BCUT2D eigenvalue weighted by atomic mass is 10.1. The third-order valence-corrected chi connectivity index (χ3v) is 1.59. The molecular weight excluding hydrogens is 153 g/mol. The van der Waals surface area contributed by atoms with Crippen LogP contribution in [0, 0.1) is 5.92 Å². The fraction of sp³-hybridized carbons (Fsp3) is 0.500. The van der Waals surface area contributed by atoms with Crippen LogP contribution in [0.5, 0.6) is 0 Å². The highest BCUT2D eigenvalue weighted by atomic mass is 19.4. The third kappa shape index (κ3) is 3.25. The van der Waals surface area contributed by atoms with Crippen molar-refractivity contribution in [2.75, 3.05) is 0 Å². The van der Waals surface area contributed by atoms with Crippen LogP contribution in [0.2, 0.25) is 0 Å². The topological polar surface area (TPSA) is 0 Å². The molecule has 0 nitrogen and oxygen atoms in total. The third-order valence-electron chi connectivity index (χ3n) is 1.59. The van der Waals surface area contributed by atoms with Crippen LogP contribution in [0.3, 0.4) is 0 Å². The van der Waals surface area contributed by atoms with Gasteiger partial charge in [0.05, 0.1) is 0 Å². The Labute approximate surface area is 63.4 Å². The van der Waals surface area contributed by atoms with Gasteiger partial charge in [-0.05, 0) is 12.3 Å². The Balaban J connectivity index is 2.23. The highest BCUT2D eigenvalue weighted by molar-refractivity contribution is 5.17. The number of rotatable bonds is 2. The quantitative estimate of drug-likeness (QED) is 0.585. The zero-order valence-corrected chi connectivity index (χ0v) is 5.93. The minimum absolute atomic E-state index is 0.00313. The van der Waals surface area contributed by atoms with Crippen molar-refractivity contribution in [2.45, 2.75) is 19.0 Å². The first-order valence-corrected chi connectivity index (χ1v) is 3.50.